The highest BCUT2D eigenvalue weighted by Crippen LogP contribution is 2.31. The summed E-state index contributed by atoms with van der Waals surface area (Å²) in [5.41, 5.74) is 0.833. The largest absolute Gasteiger partial charge is 0.469 e. The first-order valence-electron chi connectivity index (χ1n) is 4.89. The topological polar surface area (TPSA) is 43.4 Å². The van der Waals surface area contributed by atoms with Crippen molar-refractivity contribution in [1.82, 2.24) is 0 Å². The molecule has 2 atom stereocenters. The third-order valence-corrected chi connectivity index (χ3v) is 2.79. The highest BCUT2D eigenvalue weighted by Gasteiger charge is 2.34. The molecule has 0 N–H and O–H groups in total. The molecule has 1 aliphatic carbocycles. The maximum absolute atomic E-state index is 11.5. The monoisotopic (exact) mass is 196 g/mol. The SMILES string of the molecule is CC[C@@H]1CC(=O)C=C(C)[C@@H]1C(=O)OC. The number of esters is 1. The van der Waals surface area contributed by atoms with Gasteiger partial charge in [0.15, 0.2) is 5.78 Å². The van der Waals surface area contributed by atoms with Gasteiger partial charge in [0.1, 0.15) is 0 Å². The Morgan fingerprint density at radius 3 is 2.79 bits per heavy atom. The van der Waals surface area contributed by atoms with E-state index in [0.29, 0.717) is 6.42 Å². The minimum atomic E-state index is -0.224. The first kappa shape index (κ1) is 11.0. The van der Waals surface area contributed by atoms with E-state index in [1.807, 2.05) is 13.8 Å². The maximum atomic E-state index is 11.5. The maximum Gasteiger partial charge on any atom is 0.313 e. The van der Waals surface area contributed by atoms with E-state index in [2.05, 4.69) is 0 Å². The molecule has 0 fully saturated rings. The zero-order valence-electron chi connectivity index (χ0n) is 8.87. The smallest absolute Gasteiger partial charge is 0.313 e. The number of carbonyl (C=O) groups excluding carboxylic acids is 2. The van der Waals surface area contributed by atoms with Gasteiger partial charge in [-0.2, -0.15) is 0 Å². The molecule has 0 aromatic carbocycles. The standard InChI is InChI=1S/C11H16O3/c1-4-8-6-9(12)5-7(2)10(8)11(13)14-3/h5,8,10H,4,6H2,1-3H3/t8-,10+/m1/s1. The minimum absolute atomic E-state index is 0.111. The van der Waals surface area contributed by atoms with Crippen molar-refractivity contribution in [3.8, 4) is 0 Å². The van der Waals surface area contributed by atoms with Crippen molar-refractivity contribution in [2.24, 2.45) is 11.8 Å². The molecule has 1 aliphatic rings. The lowest BCUT2D eigenvalue weighted by Gasteiger charge is -2.27. The van der Waals surface area contributed by atoms with Gasteiger partial charge in [-0.1, -0.05) is 18.9 Å². The van der Waals surface area contributed by atoms with Gasteiger partial charge in [0.25, 0.3) is 0 Å². The van der Waals surface area contributed by atoms with Crippen LogP contribution in [0.2, 0.25) is 0 Å². The van der Waals surface area contributed by atoms with Crippen LogP contribution in [0.5, 0.6) is 0 Å². The zero-order valence-corrected chi connectivity index (χ0v) is 8.87. The molecule has 0 unspecified atom stereocenters. The van der Waals surface area contributed by atoms with Gasteiger partial charge in [0, 0.05) is 6.42 Å². The van der Waals surface area contributed by atoms with Gasteiger partial charge in [0.05, 0.1) is 13.0 Å². The Bertz CT molecular complexity index is 278. The van der Waals surface area contributed by atoms with E-state index in [4.69, 9.17) is 4.74 Å². The fraction of sp³-hybridized carbons (Fsp3) is 0.636. The fourth-order valence-electron chi connectivity index (χ4n) is 2.04. The van der Waals surface area contributed by atoms with Crippen LogP contribution in [0.15, 0.2) is 11.6 Å². The van der Waals surface area contributed by atoms with Gasteiger partial charge < -0.3 is 4.74 Å². The highest BCUT2D eigenvalue weighted by atomic mass is 16.5. The molecule has 3 nitrogen and oxygen atoms in total. The molecule has 0 saturated carbocycles. The average molecular weight is 196 g/mol. The number of hydrogen-bond acceptors (Lipinski definition) is 3. The number of rotatable bonds is 2. The minimum Gasteiger partial charge on any atom is -0.469 e. The van der Waals surface area contributed by atoms with Crippen molar-refractivity contribution in [3.05, 3.63) is 11.6 Å². The van der Waals surface area contributed by atoms with E-state index in [1.165, 1.54) is 7.11 Å². The van der Waals surface area contributed by atoms with Crippen molar-refractivity contribution < 1.29 is 14.3 Å². The predicted molar refractivity (Wildman–Crippen MR) is 52.7 cm³/mol. The van der Waals surface area contributed by atoms with Gasteiger partial charge in [0.2, 0.25) is 0 Å². The number of methoxy groups -OCH3 is 1. The van der Waals surface area contributed by atoms with Crippen molar-refractivity contribution in [3.63, 3.8) is 0 Å². The fourth-order valence-corrected chi connectivity index (χ4v) is 2.04. The van der Waals surface area contributed by atoms with Crippen LogP contribution in [0.25, 0.3) is 0 Å². The molecule has 3 heteroatoms. The molecule has 0 amide bonds. The van der Waals surface area contributed by atoms with Crippen LogP contribution in [0.1, 0.15) is 26.7 Å². The lowest BCUT2D eigenvalue weighted by atomic mass is 9.77. The Labute approximate surface area is 84.1 Å². The molecule has 0 saturated heterocycles. The van der Waals surface area contributed by atoms with Crippen LogP contribution in [0.4, 0.5) is 0 Å². The van der Waals surface area contributed by atoms with E-state index in [0.717, 1.165) is 12.0 Å². The Hall–Kier alpha value is -1.12. The Morgan fingerprint density at radius 2 is 2.29 bits per heavy atom. The molecule has 1 rings (SSSR count). The Kier molecular flexibility index (Phi) is 3.44. The number of ketones is 1. The summed E-state index contributed by atoms with van der Waals surface area (Å²) < 4.78 is 4.74. The van der Waals surface area contributed by atoms with Crippen molar-refractivity contribution in [2.45, 2.75) is 26.7 Å². The Balaban J connectivity index is 2.93. The van der Waals surface area contributed by atoms with Gasteiger partial charge in [-0.25, -0.2) is 0 Å². The lowest BCUT2D eigenvalue weighted by molar-refractivity contribution is -0.146. The molecular formula is C11H16O3. The third-order valence-electron chi connectivity index (χ3n) is 2.79. The summed E-state index contributed by atoms with van der Waals surface area (Å²) in [6, 6.07) is 0. The van der Waals surface area contributed by atoms with Crippen molar-refractivity contribution in [1.29, 1.82) is 0 Å². The second-order valence-electron chi connectivity index (χ2n) is 3.73. The lowest BCUT2D eigenvalue weighted by Crippen LogP contribution is -2.30. The van der Waals surface area contributed by atoms with E-state index in [-0.39, 0.29) is 23.6 Å². The van der Waals surface area contributed by atoms with Gasteiger partial charge in [-0.3, -0.25) is 9.59 Å². The summed E-state index contributed by atoms with van der Waals surface area (Å²) in [5.74, 6) is -0.213. The molecule has 0 radical (unpaired) electrons. The normalized spacial score (nSPS) is 27.1. The van der Waals surface area contributed by atoms with E-state index in [1.54, 1.807) is 6.08 Å². The summed E-state index contributed by atoms with van der Waals surface area (Å²) in [5, 5.41) is 0. The number of hydrogen-bond donors (Lipinski definition) is 0. The second kappa shape index (κ2) is 4.40. The molecule has 78 valence electrons. The predicted octanol–water partition coefficient (Wildman–Crippen LogP) is 1.72. The van der Waals surface area contributed by atoms with Crippen LogP contribution in [0, 0.1) is 11.8 Å². The van der Waals surface area contributed by atoms with E-state index >= 15 is 0 Å². The summed E-state index contributed by atoms with van der Waals surface area (Å²) in [6.07, 6.45) is 2.86. The van der Waals surface area contributed by atoms with Crippen LogP contribution in [-0.4, -0.2) is 18.9 Å². The van der Waals surface area contributed by atoms with Crippen LogP contribution in [-0.2, 0) is 14.3 Å². The number of carbonyl (C=O) groups is 2. The van der Waals surface area contributed by atoms with Gasteiger partial charge >= 0.3 is 5.97 Å². The second-order valence-corrected chi connectivity index (χ2v) is 3.73. The molecular weight excluding hydrogens is 180 g/mol. The third kappa shape index (κ3) is 2.03. The van der Waals surface area contributed by atoms with E-state index < -0.39 is 0 Å². The van der Waals surface area contributed by atoms with E-state index in [9.17, 15) is 9.59 Å². The molecule has 0 aromatic rings. The number of allylic oxidation sites excluding steroid dienone is 1. The molecule has 0 heterocycles. The van der Waals surface area contributed by atoms with Gasteiger partial charge in [-0.15, -0.1) is 0 Å². The highest BCUT2D eigenvalue weighted by molar-refractivity contribution is 5.94. The summed E-state index contributed by atoms with van der Waals surface area (Å²) >= 11 is 0. The molecule has 0 spiro atoms. The van der Waals surface area contributed by atoms with Crippen LogP contribution in [0.3, 0.4) is 0 Å². The van der Waals surface area contributed by atoms with Crippen LogP contribution >= 0.6 is 0 Å². The summed E-state index contributed by atoms with van der Waals surface area (Å²) in [6.45, 7) is 3.81. The molecule has 0 aliphatic heterocycles. The summed E-state index contributed by atoms with van der Waals surface area (Å²) in [7, 11) is 1.39. The quantitative estimate of drug-likeness (QED) is 0.631. The first-order chi connectivity index (χ1) is 6.60. The van der Waals surface area contributed by atoms with Crippen molar-refractivity contribution >= 4 is 11.8 Å². The molecule has 0 aromatic heterocycles. The van der Waals surface area contributed by atoms with Gasteiger partial charge in [-0.05, 0) is 18.9 Å². The van der Waals surface area contributed by atoms with Crippen molar-refractivity contribution in [2.75, 3.05) is 7.11 Å². The molecule has 0 bridgehead atoms. The Morgan fingerprint density at radius 1 is 1.64 bits per heavy atom. The number of ether oxygens (including phenoxy) is 1. The summed E-state index contributed by atoms with van der Waals surface area (Å²) in [4.78, 5) is 22.7. The zero-order chi connectivity index (χ0) is 10.7. The average Bonchev–Trinajstić information content (AvgIpc) is 2.15. The van der Waals surface area contributed by atoms with Crippen LogP contribution < -0.4 is 0 Å². The molecule has 14 heavy (non-hydrogen) atoms. The first-order valence-corrected chi connectivity index (χ1v) is 4.89.